The van der Waals surface area contributed by atoms with E-state index in [9.17, 15) is 8.42 Å². The lowest BCUT2D eigenvalue weighted by Crippen LogP contribution is -2.48. The lowest BCUT2D eigenvalue weighted by Gasteiger charge is -2.33. The van der Waals surface area contributed by atoms with Crippen molar-refractivity contribution in [1.29, 1.82) is 0 Å². The Kier molecular flexibility index (Phi) is 4.13. The van der Waals surface area contributed by atoms with Gasteiger partial charge in [0.2, 0.25) is 10.0 Å². The first-order valence-corrected chi connectivity index (χ1v) is 7.98. The van der Waals surface area contributed by atoms with Gasteiger partial charge in [0.25, 0.3) is 0 Å². The summed E-state index contributed by atoms with van der Waals surface area (Å²) in [6, 6.07) is 4.95. The second-order valence-electron chi connectivity index (χ2n) is 4.86. The summed E-state index contributed by atoms with van der Waals surface area (Å²) < 4.78 is 26.7. The molecule has 5 nitrogen and oxygen atoms in total. The molecule has 2 rings (SSSR count). The van der Waals surface area contributed by atoms with Gasteiger partial charge in [0.15, 0.2) is 0 Å². The second-order valence-corrected chi connectivity index (χ2v) is 6.77. The molecule has 1 aromatic rings. The number of benzene rings is 1. The van der Waals surface area contributed by atoms with Gasteiger partial charge in [0.1, 0.15) is 0 Å². The molecule has 0 unspecified atom stereocenters. The molecule has 0 radical (unpaired) electrons. The first-order valence-electron chi connectivity index (χ1n) is 6.53. The highest BCUT2D eigenvalue weighted by molar-refractivity contribution is 7.89. The Morgan fingerprint density at radius 3 is 2.37 bits per heavy atom. The summed E-state index contributed by atoms with van der Waals surface area (Å²) >= 11 is 0. The fourth-order valence-electron chi connectivity index (χ4n) is 2.39. The number of rotatable bonds is 3. The minimum atomic E-state index is -3.39. The van der Waals surface area contributed by atoms with E-state index in [1.54, 1.807) is 29.4 Å². The van der Waals surface area contributed by atoms with E-state index in [1.165, 1.54) is 0 Å². The maximum atomic E-state index is 12.6. The third-order valence-corrected chi connectivity index (χ3v) is 5.65. The number of aryl methyl sites for hydroxylation is 1. The van der Waals surface area contributed by atoms with Gasteiger partial charge in [-0.2, -0.15) is 4.31 Å². The Balaban J connectivity index is 2.23. The normalized spacial score (nSPS) is 18.6. The molecule has 0 amide bonds. The van der Waals surface area contributed by atoms with Crippen LogP contribution in [0.2, 0.25) is 0 Å². The van der Waals surface area contributed by atoms with Crippen LogP contribution in [0.15, 0.2) is 23.1 Å². The quantitative estimate of drug-likeness (QED) is 0.837. The van der Waals surface area contributed by atoms with E-state index in [4.69, 9.17) is 5.73 Å². The summed E-state index contributed by atoms with van der Waals surface area (Å²) in [6.07, 6.45) is 0. The van der Waals surface area contributed by atoms with Crippen molar-refractivity contribution in [2.24, 2.45) is 0 Å². The molecule has 0 saturated carbocycles. The van der Waals surface area contributed by atoms with Crippen LogP contribution in [0.1, 0.15) is 12.5 Å². The molecule has 1 aliphatic heterocycles. The van der Waals surface area contributed by atoms with Crippen LogP contribution in [0.5, 0.6) is 0 Å². The van der Waals surface area contributed by atoms with Crippen LogP contribution in [-0.4, -0.2) is 50.3 Å². The number of nitrogens with two attached hydrogens (primary N) is 1. The van der Waals surface area contributed by atoms with Crippen LogP contribution in [0.4, 0.5) is 5.69 Å². The fraction of sp³-hybridized carbons (Fsp3) is 0.538. The molecule has 0 spiro atoms. The van der Waals surface area contributed by atoms with Gasteiger partial charge >= 0.3 is 0 Å². The highest BCUT2D eigenvalue weighted by Crippen LogP contribution is 2.22. The molecule has 0 aliphatic carbocycles. The summed E-state index contributed by atoms with van der Waals surface area (Å²) in [5, 5.41) is 0. The number of piperazine rings is 1. The molecule has 106 valence electrons. The molecule has 1 fully saturated rings. The first kappa shape index (κ1) is 14.3. The molecule has 0 bridgehead atoms. The van der Waals surface area contributed by atoms with Crippen molar-refractivity contribution < 1.29 is 8.42 Å². The molecule has 2 N–H and O–H groups in total. The van der Waals surface area contributed by atoms with Gasteiger partial charge in [-0.3, -0.25) is 0 Å². The SMILES string of the molecule is CCN1CCN(S(=O)(=O)c2ccc(N)cc2C)CC1. The van der Waals surface area contributed by atoms with Gasteiger partial charge in [0, 0.05) is 31.9 Å². The van der Waals surface area contributed by atoms with Gasteiger partial charge in [-0.05, 0) is 37.2 Å². The van der Waals surface area contributed by atoms with Gasteiger partial charge in [-0.15, -0.1) is 0 Å². The average Bonchev–Trinajstić information content (AvgIpc) is 2.38. The maximum absolute atomic E-state index is 12.6. The second kappa shape index (κ2) is 5.48. The van der Waals surface area contributed by atoms with Crippen molar-refractivity contribution in [3.8, 4) is 0 Å². The van der Waals surface area contributed by atoms with E-state index in [2.05, 4.69) is 11.8 Å². The topological polar surface area (TPSA) is 66.6 Å². The van der Waals surface area contributed by atoms with E-state index in [-0.39, 0.29) is 0 Å². The Bertz CT molecular complexity index is 549. The highest BCUT2D eigenvalue weighted by atomic mass is 32.2. The van der Waals surface area contributed by atoms with Crippen LogP contribution in [0, 0.1) is 6.92 Å². The molecule has 1 saturated heterocycles. The summed E-state index contributed by atoms with van der Waals surface area (Å²) in [7, 11) is -3.39. The molecule has 1 aromatic carbocycles. The number of nitrogen functional groups attached to an aromatic ring is 1. The summed E-state index contributed by atoms with van der Waals surface area (Å²) in [5.74, 6) is 0. The van der Waals surface area contributed by atoms with Crippen LogP contribution < -0.4 is 5.73 Å². The predicted molar refractivity (Wildman–Crippen MR) is 76.5 cm³/mol. The number of hydrogen-bond acceptors (Lipinski definition) is 4. The maximum Gasteiger partial charge on any atom is 0.243 e. The molecule has 19 heavy (non-hydrogen) atoms. The zero-order valence-corrected chi connectivity index (χ0v) is 12.3. The van der Waals surface area contributed by atoms with E-state index >= 15 is 0 Å². The molecular formula is C13H21N3O2S. The molecule has 1 aliphatic rings. The average molecular weight is 283 g/mol. The van der Waals surface area contributed by atoms with Crippen molar-refractivity contribution in [1.82, 2.24) is 9.21 Å². The summed E-state index contributed by atoms with van der Waals surface area (Å²) in [4.78, 5) is 2.62. The van der Waals surface area contributed by atoms with E-state index in [0.29, 0.717) is 29.2 Å². The largest absolute Gasteiger partial charge is 0.399 e. The fourth-order valence-corrected chi connectivity index (χ4v) is 4.02. The molecule has 6 heteroatoms. The minimum Gasteiger partial charge on any atom is -0.399 e. The van der Waals surface area contributed by atoms with Crippen LogP contribution in [0.25, 0.3) is 0 Å². The minimum absolute atomic E-state index is 0.367. The van der Waals surface area contributed by atoms with Crippen molar-refractivity contribution in [2.75, 3.05) is 38.5 Å². The van der Waals surface area contributed by atoms with Gasteiger partial charge in [-0.1, -0.05) is 6.92 Å². The van der Waals surface area contributed by atoms with Crippen LogP contribution >= 0.6 is 0 Å². The Morgan fingerprint density at radius 2 is 1.84 bits per heavy atom. The number of anilines is 1. The predicted octanol–water partition coefficient (Wildman–Crippen LogP) is 0.903. The number of hydrogen-bond donors (Lipinski definition) is 1. The van der Waals surface area contributed by atoms with E-state index < -0.39 is 10.0 Å². The standard InChI is InChI=1S/C13H21N3O2S/c1-3-15-6-8-16(9-7-15)19(17,18)13-5-4-12(14)10-11(13)2/h4-5,10H,3,6-9,14H2,1-2H3. The van der Waals surface area contributed by atoms with Crippen molar-refractivity contribution in [3.05, 3.63) is 23.8 Å². The van der Waals surface area contributed by atoms with Gasteiger partial charge in [0.05, 0.1) is 4.90 Å². The molecule has 0 atom stereocenters. The lowest BCUT2D eigenvalue weighted by atomic mass is 10.2. The monoisotopic (exact) mass is 283 g/mol. The Morgan fingerprint density at radius 1 is 1.21 bits per heavy atom. The van der Waals surface area contributed by atoms with Crippen LogP contribution in [-0.2, 0) is 10.0 Å². The zero-order chi connectivity index (χ0) is 14.0. The van der Waals surface area contributed by atoms with Crippen LogP contribution in [0.3, 0.4) is 0 Å². The smallest absolute Gasteiger partial charge is 0.243 e. The third-order valence-electron chi connectivity index (χ3n) is 3.60. The summed E-state index contributed by atoms with van der Waals surface area (Å²) in [5.41, 5.74) is 6.97. The van der Waals surface area contributed by atoms with Crippen molar-refractivity contribution >= 4 is 15.7 Å². The highest BCUT2D eigenvalue weighted by Gasteiger charge is 2.28. The number of nitrogens with zero attached hydrogens (tertiary/aromatic N) is 2. The number of likely N-dealkylation sites (N-methyl/N-ethyl adjacent to an activating group) is 1. The first-order chi connectivity index (χ1) is 8.95. The van der Waals surface area contributed by atoms with E-state index in [0.717, 1.165) is 19.6 Å². The lowest BCUT2D eigenvalue weighted by molar-refractivity contribution is 0.196. The van der Waals surface area contributed by atoms with Gasteiger partial charge < -0.3 is 10.6 Å². The van der Waals surface area contributed by atoms with Crippen molar-refractivity contribution in [2.45, 2.75) is 18.7 Å². The van der Waals surface area contributed by atoms with Crippen molar-refractivity contribution in [3.63, 3.8) is 0 Å². The molecular weight excluding hydrogens is 262 g/mol. The third kappa shape index (κ3) is 2.91. The zero-order valence-electron chi connectivity index (χ0n) is 11.5. The summed E-state index contributed by atoms with van der Waals surface area (Å²) in [6.45, 7) is 7.54. The number of sulfonamides is 1. The Labute approximate surface area is 115 Å². The molecule has 0 aromatic heterocycles. The molecule has 1 heterocycles. The van der Waals surface area contributed by atoms with Gasteiger partial charge in [-0.25, -0.2) is 8.42 Å². The Hall–Kier alpha value is -1.11. The van der Waals surface area contributed by atoms with E-state index in [1.807, 2.05) is 0 Å².